The normalized spacial score (nSPS) is 12.6. The number of fused-ring (bicyclic) bond motifs is 1. The van der Waals surface area contributed by atoms with Gasteiger partial charge in [-0.15, -0.1) is 0 Å². The lowest BCUT2D eigenvalue weighted by Crippen LogP contribution is -2.33. The van der Waals surface area contributed by atoms with E-state index in [1.807, 2.05) is 38.1 Å². The van der Waals surface area contributed by atoms with Gasteiger partial charge < -0.3 is 10.4 Å². The van der Waals surface area contributed by atoms with Crippen molar-refractivity contribution in [3.05, 3.63) is 41.0 Å². The standard InChI is InChI=1S/C16H19ClN2O2/c1-10(2)7-11(20)9-18-16(21)15-8-13(17)12-5-3-4-6-14(12)19-15/h3-6,8,10-11,20H,7,9H2,1-2H3,(H,18,21). The lowest BCUT2D eigenvalue weighted by atomic mass is 10.1. The van der Waals surface area contributed by atoms with Crippen molar-refractivity contribution in [1.29, 1.82) is 0 Å². The zero-order valence-electron chi connectivity index (χ0n) is 12.1. The second kappa shape index (κ2) is 6.87. The second-order valence-corrected chi connectivity index (χ2v) is 5.91. The Labute approximate surface area is 129 Å². The van der Waals surface area contributed by atoms with Crippen LogP contribution < -0.4 is 5.32 Å². The molecule has 1 amide bonds. The summed E-state index contributed by atoms with van der Waals surface area (Å²) in [6.45, 7) is 4.26. The molecule has 5 heteroatoms. The van der Waals surface area contributed by atoms with Crippen molar-refractivity contribution in [2.24, 2.45) is 5.92 Å². The topological polar surface area (TPSA) is 62.2 Å². The molecule has 1 heterocycles. The van der Waals surface area contributed by atoms with Gasteiger partial charge in [0, 0.05) is 11.9 Å². The Morgan fingerprint density at radius 2 is 2.10 bits per heavy atom. The first-order valence-corrected chi connectivity index (χ1v) is 7.36. The lowest BCUT2D eigenvalue weighted by Gasteiger charge is -2.14. The van der Waals surface area contributed by atoms with Gasteiger partial charge in [-0.1, -0.05) is 43.6 Å². The van der Waals surface area contributed by atoms with Crippen LogP contribution in [0, 0.1) is 5.92 Å². The van der Waals surface area contributed by atoms with Crippen molar-refractivity contribution in [3.8, 4) is 0 Å². The van der Waals surface area contributed by atoms with Crippen LogP contribution in [0.5, 0.6) is 0 Å². The number of hydrogen-bond acceptors (Lipinski definition) is 3. The molecule has 2 aromatic rings. The molecular formula is C16H19ClN2O2. The first kappa shape index (κ1) is 15.7. The number of halogens is 1. The highest BCUT2D eigenvalue weighted by Gasteiger charge is 2.13. The summed E-state index contributed by atoms with van der Waals surface area (Å²) in [4.78, 5) is 16.4. The Bertz CT molecular complexity index is 643. The van der Waals surface area contributed by atoms with E-state index >= 15 is 0 Å². The highest BCUT2D eigenvalue weighted by Crippen LogP contribution is 2.22. The molecule has 1 aromatic carbocycles. The second-order valence-electron chi connectivity index (χ2n) is 5.50. The van der Waals surface area contributed by atoms with Crippen LogP contribution in [0.4, 0.5) is 0 Å². The van der Waals surface area contributed by atoms with Crippen LogP contribution in [-0.4, -0.2) is 28.6 Å². The minimum absolute atomic E-state index is 0.211. The Balaban J connectivity index is 2.09. The average molecular weight is 307 g/mol. The smallest absolute Gasteiger partial charge is 0.270 e. The van der Waals surface area contributed by atoms with Crippen LogP contribution in [0.25, 0.3) is 10.9 Å². The highest BCUT2D eigenvalue weighted by molar-refractivity contribution is 6.35. The van der Waals surface area contributed by atoms with Gasteiger partial charge >= 0.3 is 0 Å². The van der Waals surface area contributed by atoms with Gasteiger partial charge in [0.05, 0.1) is 16.6 Å². The first-order chi connectivity index (χ1) is 9.97. The molecular weight excluding hydrogens is 288 g/mol. The molecule has 2 N–H and O–H groups in total. The maximum Gasteiger partial charge on any atom is 0.270 e. The Hall–Kier alpha value is -1.65. The number of para-hydroxylation sites is 1. The van der Waals surface area contributed by atoms with Crippen LogP contribution in [0.1, 0.15) is 30.8 Å². The average Bonchev–Trinajstić information content (AvgIpc) is 2.44. The number of hydrogen-bond donors (Lipinski definition) is 2. The predicted molar refractivity (Wildman–Crippen MR) is 84.5 cm³/mol. The summed E-state index contributed by atoms with van der Waals surface area (Å²) in [5.41, 5.74) is 0.938. The summed E-state index contributed by atoms with van der Waals surface area (Å²) < 4.78 is 0. The Morgan fingerprint density at radius 3 is 2.81 bits per heavy atom. The van der Waals surface area contributed by atoms with Crippen LogP contribution in [-0.2, 0) is 0 Å². The quantitative estimate of drug-likeness (QED) is 0.892. The first-order valence-electron chi connectivity index (χ1n) is 6.99. The number of nitrogens with one attached hydrogen (secondary N) is 1. The minimum Gasteiger partial charge on any atom is -0.391 e. The number of aliphatic hydroxyl groups excluding tert-OH is 1. The predicted octanol–water partition coefficient (Wildman–Crippen LogP) is 3.03. The molecule has 2 rings (SSSR count). The van der Waals surface area contributed by atoms with Crippen molar-refractivity contribution in [1.82, 2.24) is 10.3 Å². The molecule has 0 aliphatic carbocycles. The summed E-state index contributed by atoms with van der Waals surface area (Å²) >= 11 is 6.17. The van der Waals surface area contributed by atoms with Crippen molar-refractivity contribution >= 4 is 28.4 Å². The highest BCUT2D eigenvalue weighted by atomic mass is 35.5. The lowest BCUT2D eigenvalue weighted by molar-refractivity contribution is 0.0896. The van der Waals surface area contributed by atoms with E-state index in [0.29, 0.717) is 22.9 Å². The maximum absolute atomic E-state index is 12.1. The molecule has 4 nitrogen and oxygen atoms in total. The van der Waals surface area contributed by atoms with Gasteiger partial charge in [0.2, 0.25) is 0 Å². The fraction of sp³-hybridized carbons (Fsp3) is 0.375. The molecule has 0 aliphatic heterocycles. The third-order valence-corrected chi connectivity index (χ3v) is 3.45. The monoisotopic (exact) mass is 306 g/mol. The number of nitrogens with zero attached hydrogens (tertiary/aromatic N) is 1. The third kappa shape index (κ3) is 4.16. The van der Waals surface area contributed by atoms with Gasteiger partial charge in [-0.3, -0.25) is 4.79 Å². The number of carbonyl (C=O) groups excluding carboxylic acids is 1. The number of rotatable bonds is 5. The molecule has 0 bridgehead atoms. The van der Waals surface area contributed by atoms with Crippen LogP contribution in [0.3, 0.4) is 0 Å². The number of pyridine rings is 1. The molecule has 112 valence electrons. The number of benzene rings is 1. The number of aliphatic hydroxyl groups is 1. The largest absolute Gasteiger partial charge is 0.391 e. The van der Waals surface area contributed by atoms with Crippen LogP contribution >= 0.6 is 11.6 Å². The fourth-order valence-electron chi connectivity index (χ4n) is 2.18. The number of amides is 1. The maximum atomic E-state index is 12.1. The molecule has 0 saturated carbocycles. The molecule has 0 spiro atoms. The summed E-state index contributed by atoms with van der Waals surface area (Å²) in [6.07, 6.45) is 0.0940. The van der Waals surface area contributed by atoms with E-state index in [2.05, 4.69) is 10.3 Å². The molecule has 0 fully saturated rings. The Morgan fingerprint density at radius 1 is 1.38 bits per heavy atom. The Kier molecular flexibility index (Phi) is 5.15. The van der Waals surface area contributed by atoms with E-state index in [4.69, 9.17) is 11.6 Å². The molecule has 1 atom stereocenters. The van der Waals surface area contributed by atoms with Crippen LogP contribution in [0.15, 0.2) is 30.3 Å². The minimum atomic E-state index is -0.551. The van der Waals surface area contributed by atoms with Crippen molar-refractivity contribution < 1.29 is 9.90 Å². The molecule has 0 saturated heterocycles. The molecule has 1 aromatic heterocycles. The van der Waals surface area contributed by atoms with Gasteiger partial charge in [0.25, 0.3) is 5.91 Å². The molecule has 0 radical (unpaired) electrons. The van der Waals surface area contributed by atoms with Gasteiger partial charge in [0.1, 0.15) is 5.69 Å². The van der Waals surface area contributed by atoms with Crippen molar-refractivity contribution in [2.45, 2.75) is 26.4 Å². The number of carbonyl (C=O) groups is 1. The SMILES string of the molecule is CC(C)CC(O)CNC(=O)c1cc(Cl)c2ccccc2n1. The molecule has 1 unspecified atom stereocenters. The van der Waals surface area contributed by atoms with E-state index in [9.17, 15) is 9.90 Å². The number of aromatic nitrogens is 1. The summed E-state index contributed by atoms with van der Waals surface area (Å²) in [6, 6.07) is 8.94. The summed E-state index contributed by atoms with van der Waals surface area (Å²) in [7, 11) is 0. The van der Waals surface area contributed by atoms with E-state index in [1.165, 1.54) is 0 Å². The van der Waals surface area contributed by atoms with Gasteiger partial charge in [0.15, 0.2) is 0 Å². The van der Waals surface area contributed by atoms with E-state index < -0.39 is 6.10 Å². The van der Waals surface area contributed by atoms with Gasteiger partial charge in [-0.25, -0.2) is 4.98 Å². The van der Waals surface area contributed by atoms with Crippen molar-refractivity contribution in [2.75, 3.05) is 6.54 Å². The zero-order valence-corrected chi connectivity index (χ0v) is 12.9. The van der Waals surface area contributed by atoms with Crippen molar-refractivity contribution in [3.63, 3.8) is 0 Å². The summed E-state index contributed by atoms with van der Waals surface area (Å²) in [5, 5.41) is 13.8. The van der Waals surface area contributed by atoms with E-state index in [-0.39, 0.29) is 18.1 Å². The third-order valence-electron chi connectivity index (χ3n) is 3.14. The fourth-order valence-corrected chi connectivity index (χ4v) is 2.44. The van der Waals surface area contributed by atoms with E-state index in [1.54, 1.807) is 6.07 Å². The van der Waals surface area contributed by atoms with E-state index in [0.717, 1.165) is 5.39 Å². The molecule has 21 heavy (non-hydrogen) atoms. The van der Waals surface area contributed by atoms with Gasteiger partial charge in [-0.2, -0.15) is 0 Å². The molecule has 0 aliphatic rings. The van der Waals surface area contributed by atoms with Crippen LogP contribution in [0.2, 0.25) is 5.02 Å². The van der Waals surface area contributed by atoms with Gasteiger partial charge in [-0.05, 0) is 24.5 Å². The summed E-state index contributed by atoms with van der Waals surface area (Å²) in [5.74, 6) is 0.0515. The zero-order chi connectivity index (χ0) is 15.4.